The lowest BCUT2D eigenvalue weighted by molar-refractivity contribution is -0.122. The number of imidazole rings is 1. The molecule has 0 bridgehead atoms. The predicted molar refractivity (Wildman–Crippen MR) is 125 cm³/mol. The molecule has 2 heterocycles. The second kappa shape index (κ2) is 9.24. The topological polar surface area (TPSA) is 95.2 Å². The van der Waals surface area contributed by atoms with Crippen LogP contribution in [-0.4, -0.2) is 39.1 Å². The van der Waals surface area contributed by atoms with Gasteiger partial charge in [0.25, 0.3) is 11.8 Å². The number of aromatic amines is 1. The lowest BCUT2D eigenvalue weighted by Crippen LogP contribution is -2.35. The number of para-hydroxylation sites is 2. The normalized spacial score (nSPS) is 15.2. The van der Waals surface area contributed by atoms with Gasteiger partial charge >= 0.3 is 0 Å². The van der Waals surface area contributed by atoms with Crippen molar-refractivity contribution in [1.29, 1.82) is 0 Å². The largest absolute Gasteiger partial charge is 0.346 e. The zero-order valence-corrected chi connectivity index (χ0v) is 19.6. The van der Waals surface area contributed by atoms with E-state index in [1.54, 1.807) is 18.2 Å². The summed E-state index contributed by atoms with van der Waals surface area (Å²) in [5, 5.41) is 3.09. The van der Waals surface area contributed by atoms with Gasteiger partial charge in [-0.1, -0.05) is 48.3 Å². The average molecular weight is 497 g/mol. The average Bonchev–Trinajstić information content (AvgIpc) is 3.31. The predicted octanol–water partition coefficient (Wildman–Crippen LogP) is 4.61. The van der Waals surface area contributed by atoms with E-state index >= 15 is 0 Å². The van der Waals surface area contributed by atoms with Gasteiger partial charge in [-0.25, -0.2) is 4.98 Å². The fourth-order valence-corrected chi connectivity index (χ4v) is 4.31. The van der Waals surface area contributed by atoms with Crippen LogP contribution in [0, 0.1) is 5.92 Å². The molecule has 2 N–H and O–H groups in total. The summed E-state index contributed by atoms with van der Waals surface area (Å²) < 4.78 is 0.750. The number of nitrogens with zero attached hydrogens (tertiary/aromatic N) is 2. The molecule has 0 spiro atoms. The van der Waals surface area contributed by atoms with Crippen LogP contribution in [0.1, 0.15) is 65.7 Å². The first-order chi connectivity index (χ1) is 15.4. The number of fused-ring (bicyclic) bond motifs is 2. The quantitative estimate of drug-likeness (QED) is 0.445. The lowest BCUT2D eigenvalue weighted by atomic mass is 9.98. The standard InChI is InChI=1S/C24H25BrN4O3/c1-3-14(2)21(22-26-18-7-4-5-8-19(18)27-22)28-20(30)9-6-12-29-23(31)16-11-10-15(25)13-17(16)24(29)32/h4-5,7-8,10-11,13-14,21H,3,6,9,12H2,1-2H3,(H,26,27)(H,28,30). The van der Waals surface area contributed by atoms with E-state index in [4.69, 9.17) is 0 Å². The molecule has 2 unspecified atom stereocenters. The van der Waals surface area contributed by atoms with Crippen molar-refractivity contribution in [2.75, 3.05) is 6.54 Å². The molecule has 1 aliphatic heterocycles. The molecule has 2 atom stereocenters. The van der Waals surface area contributed by atoms with Gasteiger partial charge in [0.2, 0.25) is 5.91 Å². The van der Waals surface area contributed by atoms with Crippen molar-refractivity contribution < 1.29 is 14.4 Å². The van der Waals surface area contributed by atoms with E-state index in [1.807, 2.05) is 24.3 Å². The molecule has 1 aliphatic rings. The third-order valence-electron chi connectivity index (χ3n) is 5.95. The Bertz CT molecular complexity index is 1160. The number of H-pyrrole nitrogens is 1. The fourth-order valence-electron chi connectivity index (χ4n) is 3.95. The van der Waals surface area contributed by atoms with E-state index in [2.05, 4.69) is 45.1 Å². The van der Waals surface area contributed by atoms with E-state index in [9.17, 15) is 14.4 Å². The van der Waals surface area contributed by atoms with Crippen molar-refractivity contribution >= 4 is 44.7 Å². The molecule has 0 fully saturated rings. The van der Waals surface area contributed by atoms with E-state index in [-0.39, 0.29) is 42.6 Å². The molecule has 0 aliphatic carbocycles. The van der Waals surface area contributed by atoms with Crippen molar-refractivity contribution in [3.63, 3.8) is 0 Å². The first kappa shape index (κ1) is 22.2. The Labute approximate surface area is 194 Å². The number of hydrogen-bond donors (Lipinski definition) is 2. The maximum absolute atomic E-state index is 12.7. The summed E-state index contributed by atoms with van der Waals surface area (Å²) in [6.07, 6.45) is 1.49. The van der Waals surface area contributed by atoms with Crippen LogP contribution in [0.4, 0.5) is 0 Å². The highest BCUT2D eigenvalue weighted by Gasteiger charge is 2.35. The Balaban J connectivity index is 1.38. The third-order valence-corrected chi connectivity index (χ3v) is 6.44. The third kappa shape index (κ3) is 4.32. The van der Waals surface area contributed by atoms with Crippen LogP contribution in [0.25, 0.3) is 11.0 Å². The molecule has 32 heavy (non-hydrogen) atoms. The number of nitrogens with one attached hydrogen (secondary N) is 2. The van der Waals surface area contributed by atoms with Gasteiger partial charge in [0.1, 0.15) is 5.82 Å². The molecule has 0 saturated heterocycles. The Morgan fingerprint density at radius 1 is 1.16 bits per heavy atom. The molecular weight excluding hydrogens is 472 g/mol. The van der Waals surface area contributed by atoms with E-state index in [1.165, 1.54) is 4.90 Å². The van der Waals surface area contributed by atoms with Crippen LogP contribution in [-0.2, 0) is 4.79 Å². The highest BCUT2D eigenvalue weighted by Crippen LogP contribution is 2.27. The zero-order valence-electron chi connectivity index (χ0n) is 18.0. The Kier molecular flexibility index (Phi) is 6.41. The van der Waals surface area contributed by atoms with Gasteiger partial charge in [-0.3, -0.25) is 19.3 Å². The summed E-state index contributed by atoms with van der Waals surface area (Å²) in [6.45, 7) is 4.36. The van der Waals surface area contributed by atoms with E-state index < -0.39 is 0 Å². The van der Waals surface area contributed by atoms with Crippen molar-refractivity contribution in [3.05, 3.63) is 63.9 Å². The van der Waals surface area contributed by atoms with Gasteiger partial charge in [-0.05, 0) is 42.7 Å². The highest BCUT2D eigenvalue weighted by molar-refractivity contribution is 9.10. The van der Waals surface area contributed by atoms with Gasteiger partial charge in [0.05, 0.1) is 28.2 Å². The molecule has 8 heteroatoms. The molecule has 2 aromatic carbocycles. The zero-order chi connectivity index (χ0) is 22.8. The minimum atomic E-state index is -0.313. The van der Waals surface area contributed by atoms with Gasteiger partial charge in [0, 0.05) is 17.4 Å². The molecular formula is C24H25BrN4O3. The van der Waals surface area contributed by atoms with Crippen LogP contribution >= 0.6 is 15.9 Å². The van der Waals surface area contributed by atoms with Crippen molar-refractivity contribution in [2.24, 2.45) is 5.92 Å². The van der Waals surface area contributed by atoms with Crippen molar-refractivity contribution in [3.8, 4) is 0 Å². The first-order valence-corrected chi connectivity index (χ1v) is 11.6. The molecule has 1 aromatic heterocycles. The van der Waals surface area contributed by atoms with Crippen LogP contribution in [0.5, 0.6) is 0 Å². The molecule has 4 rings (SSSR count). The molecule has 0 radical (unpaired) electrons. The summed E-state index contributed by atoms with van der Waals surface area (Å²) in [5.41, 5.74) is 2.60. The number of hydrogen-bond acceptors (Lipinski definition) is 4. The fraction of sp³-hybridized carbons (Fsp3) is 0.333. The number of halogens is 1. The van der Waals surface area contributed by atoms with E-state index in [0.717, 1.165) is 27.8 Å². The second-order valence-electron chi connectivity index (χ2n) is 8.13. The highest BCUT2D eigenvalue weighted by atomic mass is 79.9. The van der Waals surface area contributed by atoms with Gasteiger partial charge in [-0.2, -0.15) is 0 Å². The van der Waals surface area contributed by atoms with Crippen molar-refractivity contribution in [2.45, 2.75) is 39.2 Å². The molecule has 166 valence electrons. The Morgan fingerprint density at radius 3 is 2.66 bits per heavy atom. The minimum absolute atomic E-state index is 0.130. The lowest BCUT2D eigenvalue weighted by Gasteiger charge is -2.22. The molecule has 3 amide bonds. The number of carbonyl (C=O) groups is 3. The monoisotopic (exact) mass is 496 g/mol. The number of amides is 3. The number of benzene rings is 2. The minimum Gasteiger partial charge on any atom is -0.346 e. The van der Waals surface area contributed by atoms with Crippen molar-refractivity contribution in [1.82, 2.24) is 20.2 Å². The number of aromatic nitrogens is 2. The summed E-state index contributed by atoms with van der Waals surface area (Å²) in [6, 6.07) is 12.6. The summed E-state index contributed by atoms with van der Waals surface area (Å²) in [5.74, 6) is 0.174. The maximum Gasteiger partial charge on any atom is 0.261 e. The number of imide groups is 1. The van der Waals surface area contributed by atoms with Crippen LogP contribution in [0.3, 0.4) is 0 Å². The van der Waals surface area contributed by atoms with Gasteiger partial charge < -0.3 is 10.3 Å². The van der Waals surface area contributed by atoms with Crippen LogP contribution < -0.4 is 5.32 Å². The summed E-state index contributed by atoms with van der Waals surface area (Å²) in [7, 11) is 0. The smallest absolute Gasteiger partial charge is 0.261 e. The Morgan fingerprint density at radius 2 is 1.91 bits per heavy atom. The Hall–Kier alpha value is -3.00. The van der Waals surface area contributed by atoms with E-state index in [0.29, 0.717) is 17.5 Å². The molecule has 0 saturated carbocycles. The van der Waals surface area contributed by atoms with Gasteiger partial charge in [-0.15, -0.1) is 0 Å². The second-order valence-corrected chi connectivity index (χ2v) is 9.04. The summed E-state index contributed by atoms with van der Waals surface area (Å²) in [4.78, 5) is 47.0. The van der Waals surface area contributed by atoms with Crippen LogP contribution in [0.2, 0.25) is 0 Å². The SMILES string of the molecule is CCC(C)C(NC(=O)CCCN1C(=O)c2ccc(Br)cc2C1=O)c1nc2ccccc2[nH]1. The maximum atomic E-state index is 12.7. The number of carbonyl (C=O) groups excluding carboxylic acids is 3. The molecule has 7 nitrogen and oxygen atoms in total. The first-order valence-electron chi connectivity index (χ1n) is 10.8. The van der Waals surface area contributed by atoms with Crippen LogP contribution in [0.15, 0.2) is 46.9 Å². The van der Waals surface area contributed by atoms with Gasteiger partial charge in [0.15, 0.2) is 0 Å². The summed E-state index contributed by atoms with van der Waals surface area (Å²) >= 11 is 3.33. The number of rotatable bonds is 8. The molecule has 3 aromatic rings.